The van der Waals surface area contributed by atoms with Crippen LogP contribution in [0, 0.1) is 0 Å². The smallest absolute Gasteiger partial charge is 0.303 e. The topological polar surface area (TPSA) is 149 Å². The van der Waals surface area contributed by atoms with Gasteiger partial charge in [0.2, 0.25) is 0 Å². The van der Waals surface area contributed by atoms with Gasteiger partial charge in [-0.25, -0.2) is 0 Å². The van der Waals surface area contributed by atoms with E-state index in [0.29, 0.717) is 6.42 Å². The zero-order valence-corrected chi connectivity index (χ0v) is 11.0. The van der Waals surface area contributed by atoms with Crippen LogP contribution in [0.4, 0.5) is 0 Å². The van der Waals surface area contributed by atoms with Gasteiger partial charge in [-0.3, -0.25) is 19.2 Å². The van der Waals surface area contributed by atoms with Crippen molar-refractivity contribution >= 4 is 23.9 Å². The SMILES string of the molecule is CCC(=O)O.CCCC(=O)O.O=C(O)CCC(=O)O. The lowest BCUT2D eigenvalue weighted by atomic mass is 10.3. The molecule has 0 spiro atoms. The second kappa shape index (κ2) is 15.9. The van der Waals surface area contributed by atoms with Crippen LogP contribution in [-0.2, 0) is 19.2 Å². The van der Waals surface area contributed by atoms with Crippen molar-refractivity contribution in [3.63, 3.8) is 0 Å². The lowest BCUT2D eigenvalue weighted by molar-refractivity contribution is -0.143. The van der Waals surface area contributed by atoms with Gasteiger partial charge >= 0.3 is 23.9 Å². The maximum atomic E-state index is 9.64. The fourth-order valence-electron chi connectivity index (χ4n) is 0.428. The van der Waals surface area contributed by atoms with E-state index in [0.717, 1.165) is 6.42 Å². The molecule has 0 aliphatic heterocycles. The molecule has 0 aromatic heterocycles. The Morgan fingerprint density at radius 2 is 0.895 bits per heavy atom. The van der Waals surface area contributed by atoms with Crippen LogP contribution in [0.3, 0.4) is 0 Å². The van der Waals surface area contributed by atoms with Crippen LogP contribution < -0.4 is 0 Å². The lowest BCUT2D eigenvalue weighted by Gasteiger charge is -1.85. The molecule has 19 heavy (non-hydrogen) atoms. The van der Waals surface area contributed by atoms with Crippen molar-refractivity contribution in [2.75, 3.05) is 0 Å². The van der Waals surface area contributed by atoms with E-state index in [2.05, 4.69) is 0 Å². The number of hydrogen-bond acceptors (Lipinski definition) is 4. The zero-order valence-electron chi connectivity index (χ0n) is 11.0. The first-order valence-electron chi connectivity index (χ1n) is 5.54. The molecule has 0 atom stereocenters. The Balaban J connectivity index is -0.000000209. The normalized spacial score (nSPS) is 8.11. The van der Waals surface area contributed by atoms with Crippen LogP contribution in [0.25, 0.3) is 0 Å². The second-order valence-electron chi connectivity index (χ2n) is 3.18. The van der Waals surface area contributed by atoms with Gasteiger partial charge < -0.3 is 20.4 Å². The zero-order chi connectivity index (χ0) is 15.8. The second-order valence-corrected chi connectivity index (χ2v) is 3.18. The first-order valence-corrected chi connectivity index (χ1v) is 5.54. The molecule has 0 aliphatic rings. The van der Waals surface area contributed by atoms with E-state index >= 15 is 0 Å². The molecule has 0 radical (unpaired) electrons. The maximum Gasteiger partial charge on any atom is 0.303 e. The molecule has 0 aromatic carbocycles. The molecule has 112 valence electrons. The van der Waals surface area contributed by atoms with E-state index in [-0.39, 0.29) is 19.3 Å². The molecule has 0 aromatic rings. The predicted octanol–water partition coefficient (Wildman–Crippen LogP) is 1.29. The molecule has 4 N–H and O–H groups in total. The Bertz CT molecular complexity index is 270. The largest absolute Gasteiger partial charge is 0.481 e. The summed E-state index contributed by atoms with van der Waals surface area (Å²) in [6, 6.07) is 0. The molecule has 8 nitrogen and oxygen atoms in total. The highest BCUT2D eigenvalue weighted by Gasteiger charge is 2.00. The fourth-order valence-corrected chi connectivity index (χ4v) is 0.428. The Hall–Kier alpha value is -2.12. The Labute approximate surface area is 110 Å². The van der Waals surface area contributed by atoms with Gasteiger partial charge in [-0.1, -0.05) is 13.8 Å². The van der Waals surface area contributed by atoms with Crippen molar-refractivity contribution in [3.05, 3.63) is 0 Å². The molecule has 8 heteroatoms. The van der Waals surface area contributed by atoms with Crippen molar-refractivity contribution in [2.45, 2.75) is 46.0 Å². The summed E-state index contributed by atoms with van der Waals surface area (Å²) in [6.07, 6.45) is 0.653. The molecule has 0 unspecified atom stereocenters. The van der Waals surface area contributed by atoms with E-state index in [9.17, 15) is 19.2 Å². The third-order valence-electron chi connectivity index (χ3n) is 1.32. The predicted molar refractivity (Wildman–Crippen MR) is 65.0 cm³/mol. The van der Waals surface area contributed by atoms with Crippen LogP contribution in [-0.4, -0.2) is 44.3 Å². The third kappa shape index (κ3) is 49.3. The van der Waals surface area contributed by atoms with Crippen LogP contribution >= 0.6 is 0 Å². The van der Waals surface area contributed by atoms with E-state index in [1.54, 1.807) is 6.92 Å². The van der Waals surface area contributed by atoms with Crippen molar-refractivity contribution in [2.24, 2.45) is 0 Å². The molecule has 0 saturated heterocycles. The number of aliphatic carboxylic acids is 4. The number of carboxylic acids is 4. The molecule has 0 amide bonds. The average molecular weight is 280 g/mol. The van der Waals surface area contributed by atoms with Crippen molar-refractivity contribution < 1.29 is 39.6 Å². The minimum Gasteiger partial charge on any atom is -0.481 e. The van der Waals surface area contributed by atoms with E-state index in [4.69, 9.17) is 20.4 Å². The van der Waals surface area contributed by atoms with Crippen LogP contribution in [0.2, 0.25) is 0 Å². The summed E-state index contributed by atoms with van der Waals surface area (Å²) < 4.78 is 0. The molecule has 0 bridgehead atoms. The molecule has 0 heterocycles. The van der Waals surface area contributed by atoms with Gasteiger partial charge in [0.1, 0.15) is 0 Å². The molecule has 0 rings (SSSR count). The van der Waals surface area contributed by atoms with E-state index < -0.39 is 23.9 Å². The molecule has 0 fully saturated rings. The Morgan fingerprint density at radius 3 is 0.947 bits per heavy atom. The van der Waals surface area contributed by atoms with Gasteiger partial charge in [-0.2, -0.15) is 0 Å². The van der Waals surface area contributed by atoms with Crippen molar-refractivity contribution in [3.8, 4) is 0 Å². The Kier molecular flexibility index (Phi) is 18.5. The van der Waals surface area contributed by atoms with Gasteiger partial charge in [-0.15, -0.1) is 0 Å². The average Bonchev–Trinajstić information content (AvgIpc) is 2.27. The summed E-state index contributed by atoms with van der Waals surface area (Å²) in [6.45, 7) is 3.44. The number of carbonyl (C=O) groups is 4. The monoisotopic (exact) mass is 280 g/mol. The van der Waals surface area contributed by atoms with E-state index in [1.165, 1.54) is 0 Å². The quantitative estimate of drug-likeness (QED) is 0.568. The number of carboxylic acid groups (broad SMARTS) is 4. The summed E-state index contributed by atoms with van der Waals surface area (Å²) in [5, 5.41) is 31.4. The van der Waals surface area contributed by atoms with Gasteiger partial charge in [0.05, 0.1) is 12.8 Å². The highest BCUT2D eigenvalue weighted by Crippen LogP contribution is 1.86. The highest BCUT2D eigenvalue weighted by molar-refractivity contribution is 5.75. The fraction of sp³-hybridized carbons (Fsp3) is 0.636. The summed E-state index contributed by atoms with van der Waals surface area (Å²) in [5.74, 6) is -3.61. The van der Waals surface area contributed by atoms with Crippen LogP contribution in [0.1, 0.15) is 46.0 Å². The minimum atomic E-state index is -1.08. The van der Waals surface area contributed by atoms with Crippen LogP contribution in [0.5, 0.6) is 0 Å². The molecule has 0 saturated carbocycles. The van der Waals surface area contributed by atoms with Crippen molar-refractivity contribution in [1.82, 2.24) is 0 Å². The first-order chi connectivity index (χ1) is 8.67. The summed E-state index contributed by atoms with van der Waals surface area (Å²) in [7, 11) is 0. The van der Waals surface area contributed by atoms with Gasteiger partial charge in [0, 0.05) is 12.8 Å². The summed E-state index contributed by atoms with van der Waals surface area (Å²) >= 11 is 0. The molecular formula is C11H20O8. The minimum absolute atomic E-state index is 0.222. The van der Waals surface area contributed by atoms with Crippen molar-refractivity contribution in [1.29, 1.82) is 0 Å². The summed E-state index contributed by atoms with van der Waals surface area (Å²) in [5.41, 5.74) is 0. The Morgan fingerprint density at radius 1 is 0.632 bits per heavy atom. The van der Waals surface area contributed by atoms with E-state index in [1.807, 2.05) is 6.92 Å². The number of hydrogen-bond donors (Lipinski definition) is 4. The van der Waals surface area contributed by atoms with Crippen LogP contribution in [0.15, 0.2) is 0 Å². The lowest BCUT2D eigenvalue weighted by Crippen LogP contribution is -2.00. The number of rotatable bonds is 6. The standard InChI is InChI=1S/C4H6O4.C4H8O2.C3H6O2/c5-3(6)1-2-4(7)8;1-2-3-4(5)6;1-2-3(4)5/h1-2H2,(H,5,6)(H,7,8);2-3H2,1H3,(H,5,6);2H2,1H3,(H,4,5). The van der Waals surface area contributed by atoms with Gasteiger partial charge in [-0.05, 0) is 6.42 Å². The molecule has 0 aliphatic carbocycles. The first kappa shape index (κ1) is 22.1. The summed E-state index contributed by atoms with van der Waals surface area (Å²) in [4.78, 5) is 38.2. The molecular weight excluding hydrogens is 260 g/mol. The van der Waals surface area contributed by atoms with Gasteiger partial charge in [0.15, 0.2) is 0 Å². The maximum absolute atomic E-state index is 9.64. The third-order valence-corrected chi connectivity index (χ3v) is 1.32. The van der Waals surface area contributed by atoms with Gasteiger partial charge in [0.25, 0.3) is 0 Å². The highest BCUT2D eigenvalue weighted by atomic mass is 16.4.